The zero-order valence-corrected chi connectivity index (χ0v) is 11.6. The molecule has 0 amide bonds. The van der Waals surface area contributed by atoms with Crippen LogP contribution in [0.1, 0.15) is 18.0 Å². The first-order valence-electron chi connectivity index (χ1n) is 7.09. The second-order valence-corrected chi connectivity index (χ2v) is 5.47. The van der Waals surface area contributed by atoms with Crippen molar-refractivity contribution < 1.29 is 0 Å². The van der Waals surface area contributed by atoms with Crippen molar-refractivity contribution in [1.82, 2.24) is 9.78 Å². The van der Waals surface area contributed by atoms with Crippen molar-refractivity contribution in [2.75, 3.05) is 23.3 Å². The molecule has 2 aromatic carbocycles. The maximum absolute atomic E-state index is 5.92. The molecule has 1 aliphatic rings. The van der Waals surface area contributed by atoms with Crippen LogP contribution in [-0.4, -0.2) is 16.3 Å². The number of anilines is 3. The summed E-state index contributed by atoms with van der Waals surface area (Å²) in [4.78, 5) is 0. The molecule has 0 aliphatic carbocycles. The molecule has 0 saturated heterocycles. The zero-order chi connectivity index (χ0) is 14.4. The summed E-state index contributed by atoms with van der Waals surface area (Å²) in [7, 11) is 0. The number of nitrogens with two attached hydrogens (primary N) is 2. The molecule has 0 radical (unpaired) electrons. The second-order valence-electron chi connectivity index (χ2n) is 5.47. The van der Waals surface area contributed by atoms with Gasteiger partial charge in [0.15, 0.2) is 0 Å². The number of rotatable bonds is 1. The Balaban J connectivity index is 1.90. The lowest BCUT2D eigenvalue weighted by Gasteiger charge is -2.26. The fraction of sp³-hybridized carbons (Fsp3) is 0.188. The molecule has 0 fully saturated rings. The van der Waals surface area contributed by atoms with Gasteiger partial charge in [-0.3, -0.25) is 0 Å². The lowest BCUT2D eigenvalue weighted by atomic mass is 10.0. The third kappa shape index (κ3) is 1.89. The van der Waals surface area contributed by atoms with E-state index in [9.17, 15) is 0 Å². The Kier molecular flexibility index (Phi) is 2.54. The molecule has 2 heterocycles. The number of hydrogen-bond donors (Lipinski definition) is 3. The van der Waals surface area contributed by atoms with Gasteiger partial charge in [0.2, 0.25) is 0 Å². The van der Waals surface area contributed by atoms with Gasteiger partial charge in [-0.25, -0.2) is 4.68 Å². The largest absolute Gasteiger partial charge is 0.399 e. The van der Waals surface area contributed by atoms with Crippen molar-refractivity contribution in [3.63, 3.8) is 0 Å². The highest BCUT2D eigenvalue weighted by Crippen LogP contribution is 2.35. The summed E-state index contributed by atoms with van der Waals surface area (Å²) >= 11 is 0. The Morgan fingerprint density at radius 1 is 1.10 bits per heavy atom. The van der Waals surface area contributed by atoms with Gasteiger partial charge in [0.25, 0.3) is 0 Å². The van der Waals surface area contributed by atoms with E-state index in [0.717, 1.165) is 41.1 Å². The Hall–Kier alpha value is -2.69. The van der Waals surface area contributed by atoms with Crippen LogP contribution in [0.25, 0.3) is 10.9 Å². The SMILES string of the molecule is Nc1cccc(C2CCNc3c4cc(N)ccc4nn32)c1. The lowest BCUT2D eigenvalue weighted by Crippen LogP contribution is -2.24. The van der Waals surface area contributed by atoms with Gasteiger partial charge >= 0.3 is 0 Å². The minimum absolute atomic E-state index is 0.207. The van der Waals surface area contributed by atoms with Gasteiger partial charge in [-0.2, -0.15) is 5.10 Å². The molecule has 5 N–H and O–H groups in total. The van der Waals surface area contributed by atoms with E-state index >= 15 is 0 Å². The molecule has 5 nitrogen and oxygen atoms in total. The van der Waals surface area contributed by atoms with Crippen molar-refractivity contribution >= 4 is 28.1 Å². The van der Waals surface area contributed by atoms with E-state index < -0.39 is 0 Å². The topological polar surface area (TPSA) is 81.9 Å². The predicted octanol–water partition coefficient (Wildman–Crippen LogP) is 2.61. The first kappa shape index (κ1) is 12.1. The predicted molar refractivity (Wildman–Crippen MR) is 86.2 cm³/mol. The Morgan fingerprint density at radius 3 is 2.81 bits per heavy atom. The van der Waals surface area contributed by atoms with Crippen LogP contribution in [0.3, 0.4) is 0 Å². The number of aromatic nitrogens is 2. The molecular weight excluding hydrogens is 262 g/mol. The second kappa shape index (κ2) is 4.41. The van der Waals surface area contributed by atoms with Crippen LogP contribution in [0.2, 0.25) is 0 Å². The fourth-order valence-electron chi connectivity index (χ4n) is 3.05. The molecule has 0 bridgehead atoms. The average molecular weight is 279 g/mol. The molecule has 0 saturated carbocycles. The van der Waals surface area contributed by atoms with Crippen LogP contribution in [0.5, 0.6) is 0 Å². The summed E-state index contributed by atoms with van der Waals surface area (Å²) in [5, 5.41) is 9.25. The van der Waals surface area contributed by atoms with E-state index in [0.29, 0.717) is 0 Å². The van der Waals surface area contributed by atoms with Gasteiger partial charge in [-0.15, -0.1) is 0 Å². The highest BCUT2D eigenvalue weighted by atomic mass is 15.4. The molecule has 3 aromatic rings. The summed E-state index contributed by atoms with van der Waals surface area (Å²) in [6.45, 7) is 0.912. The number of benzene rings is 2. The summed E-state index contributed by atoms with van der Waals surface area (Å²) < 4.78 is 2.06. The van der Waals surface area contributed by atoms with E-state index in [-0.39, 0.29) is 6.04 Å². The molecule has 4 rings (SSSR count). The van der Waals surface area contributed by atoms with Gasteiger partial charge in [-0.05, 0) is 42.3 Å². The molecular formula is C16H17N5. The maximum atomic E-state index is 5.92. The summed E-state index contributed by atoms with van der Waals surface area (Å²) in [6.07, 6.45) is 0.986. The quantitative estimate of drug-likeness (QED) is 0.598. The van der Waals surface area contributed by atoms with Crippen LogP contribution in [0.4, 0.5) is 17.2 Å². The number of nitrogens with one attached hydrogen (secondary N) is 1. The first-order valence-corrected chi connectivity index (χ1v) is 7.09. The molecule has 106 valence electrons. The van der Waals surface area contributed by atoms with E-state index in [1.807, 2.05) is 36.4 Å². The zero-order valence-electron chi connectivity index (χ0n) is 11.6. The van der Waals surface area contributed by atoms with Crippen LogP contribution in [0, 0.1) is 0 Å². The normalized spacial score (nSPS) is 17.4. The maximum Gasteiger partial charge on any atom is 0.133 e. The third-order valence-corrected chi connectivity index (χ3v) is 4.02. The van der Waals surface area contributed by atoms with Crippen molar-refractivity contribution in [3.05, 3.63) is 48.0 Å². The van der Waals surface area contributed by atoms with Crippen molar-refractivity contribution in [3.8, 4) is 0 Å². The van der Waals surface area contributed by atoms with E-state index in [2.05, 4.69) is 16.1 Å². The minimum Gasteiger partial charge on any atom is -0.399 e. The fourth-order valence-corrected chi connectivity index (χ4v) is 3.05. The van der Waals surface area contributed by atoms with Crippen molar-refractivity contribution in [2.24, 2.45) is 0 Å². The molecule has 0 spiro atoms. The molecule has 1 unspecified atom stereocenters. The van der Waals surface area contributed by atoms with Crippen molar-refractivity contribution in [1.29, 1.82) is 0 Å². The Bertz CT molecular complexity index is 821. The molecule has 1 aliphatic heterocycles. The minimum atomic E-state index is 0.207. The van der Waals surface area contributed by atoms with Crippen LogP contribution >= 0.6 is 0 Å². The number of fused-ring (bicyclic) bond motifs is 3. The molecule has 21 heavy (non-hydrogen) atoms. The first-order chi connectivity index (χ1) is 10.2. The number of nitrogen functional groups attached to an aromatic ring is 2. The van der Waals surface area contributed by atoms with Gasteiger partial charge < -0.3 is 16.8 Å². The van der Waals surface area contributed by atoms with Crippen LogP contribution < -0.4 is 16.8 Å². The van der Waals surface area contributed by atoms with E-state index in [1.165, 1.54) is 5.56 Å². The average Bonchev–Trinajstić information content (AvgIpc) is 2.85. The summed E-state index contributed by atoms with van der Waals surface area (Å²) in [6, 6.07) is 14.1. The summed E-state index contributed by atoms with van der Waals surface area (Å²) in [5.74, 6) is 1.04. The standard InChI is InChI=1S/C16H17N5/c17-11-3-1-2-10(8-11)15-6-7-19-16-13-9-12(18)4-5-14(13)20-21(15)16/h1-5,8-9,15,19H,6-7,17-18H2. The van der Waals surface area contributed by atoms with Crippen molar-refractivity contribution in [2.45, 2.75) is 12.5 Å². The molecule has 1 aromatic heterocycles. The number of hydrogen-bond acceptors (Lipinski definition) is 4. The lowest BCUT2D eigenvalue weighted by molar-refractivity contribution is 0.486. The Morgan fingerprint density at radius 2 is 1.95 bits per heavy atom. The monoisotopic (exact) mass is 279 g/mol. The number of nitrogens with zero attached hydrogens (tertiary/aromatic N) is 2. The van der Waals surface area contributed by atoms with Gasteiger partial charge in [-0.1, -0.05) is 12.1 Å². The van der Waals surface area contributed by atoms with Crippen LogP contribution in [0.15, 0.2) is 42.5 Å². The molecule has 1 atom stereocenters. The van der Waals surface area contributed by atoms with Gasteiger partial charge in [0, 0.05) is 23.3 Å². The highest BCUT2D eigenvalue weighted by molar-refractivity contribution is 5.92. The molecule has 5 heteroatoms. The van der Waals surface area contributed by atoms with E-state index in [1.54, 1.807) is 0 Å². The summed E-state index contributed by atoms with van der Waals surface area (Å²) in [5.41, 5.74) is 15.5. The van der Waals surface area contributed by atoms with E-state index in [4.69, 9.17) is 16.6 Å². The van der Waals surface area contributed by atoms with Crippen LogP contribution in [-0.2, 0) is 0 Å². The van der Waals surface area contributed by atoms with Gasteiger partial charge in [0.05, 0.1) is 11.6 Å². The third-order valence-electron chi connectivity index (χ3n) is 4.02. The van der Waals surface area contributed by atoms with Gasteiger partial charge in [0.1, 0.15) is 5.82 Å². The smallest absolute Gasteiger partial charge is 0.133 e. The Labute approximate surface area is 122 Å². The highest BCUT2D eigenvalue weighted by Gasteiger charge is 2.24.